The third kappa shape index (κ3) is 3.52. The number of hydrogen-bond donors (Lipinski definition) is 1. The fraction of sp³-hybridized carbons (Fsp3) is 0.588. The van der Waals surface area contributed by atoms with Crippen LogP contribution in [0.1, 0.15) is 56.7 Å². The van der Waals surface area contributed by atoms with E-state index in [4.69, 9.17) is 0 Å². The van der Waals surface area contributed by atoms with Gasteiger partial charge in [0, 0.05) is 24.3 Å². The van der Waals surface area contributed by atoms with Crippen LogP contribution < -0.4 is 0 Å². The first-order chi connectivity index (χ1) is 10.7. The lowest BCUT2D eigenvalue weighted by molar-refractivity contribution is 0.0580. The monoisotopic (exact) mass is 318 g/mol. The number of aliphatic hydroxyl groups is 1. The molecule has 0 fully saturated rings. The molecule has 0 spiro atoms. The second-order valence-electron chi connectivity index (χ2n) is 6.63. The summed E-state index contributed by atoms with van der Waals surface area (Å²) in [5, 5.41) is 14.8. The van der Waals surface area contributed by atoms with Crippen molar-refractivity contribution in [2.45, 2.75) is 59.7 Å². The van der Waals surface area contributed by atoms with Crippen molar-refractivity contribution in [2.24, 2.45) is 0 Å². The Labute approximate surface area is 137 Å². The van der Waals surface area contributed by atoms with E-state index in [1.165, 1.54) is 0 Å². The van der Waals surface area contributed by atoms with Crippen LogP contribution in [-0.2, 0) is 0 Å². The number of aromatic nitrogens is 3. The van der Waals surface area contributed by atoms with Gasteiger partial charge >= 0.3 is 0 Å². The number of amides is 1. The lowest BCUT2D eigenvalue weighted by Crippen LogP contribution is -2.41. The van der Waals surface area contributed by atoms with Crippen LogP contribution in [0.15, 0.2) is 12.3 Å². The van der Waals surface area contributed by atoms with Crippen molar-refractivity contribution < 1.29 is 9.90 Å². The summed E-state index contributed by atoms with van der Waals surface area (Å²) in [5.41, 5.74) is 2.10. The lowest BCUT2D eigenvalue weighted by Gasteiger charge is -2.28. The Bertz CT molecular complexity index is 704. The number of pyridine rings is 1. The van der Waals surface area contributed by atoms with Crippen molar-refractivity contribution in [3.63, 3.8) is 0 Å². The van der Waals surface area contributed by atoms with E-state index in [9.17, 15) is 9.90 Å². The highest BCUT2D eigenvalue weighted by Crippen LogP contribution is 2.23. The Morgan fingerprint density at radius 1 is 1.30 bits per heavy atom. The molecule has 0 aromatic carbocycles. The van der Waals surface area contributed by atoms with E-state index in [1.807, 2.05) is 39.3 Å². The van der Waals surface area contributed by atoms with E-state index in [0.29, 0.717) is 12.1 Å². The highest BCUT2D eigenvalue weighted by Gasteiger charge is 2.24. The molecule has 0 saturated heterocycles. The molecule has 23 heavy (non-hydrogen) atoms. The smallest absolute Gasteiger partial charge is 0.255 e. The molecular weight excluding hydrogens is 292 g/mol. The summed E-state index contributed by atoms with van der Waals surface area (Å²) < 4.78 is 1.83. The van der Waals surface area contributed by atoms with Crippen LogP contribution in [0, 0.1) is 6.92 Å². The number of fused-ring (bicyclic) bond motifs is 1. The molecule has 2 aromatic rings. The SMILES string of the molecule is Cc1cc(C(=O)N(CC(C)O)C(C)C)c2cnn(C(C)C)c2n1. The van der Waals surface area contributed by atoms with Gasteiger partial charge in [0.1, 0.15) is 0 Å². The molecule has 0 radical (unpaired) electrons. The molecule has 1 amide bonds. The second kappa shape index (κ2) is 6.66. The maximum atomic E-state index is 13.0. The van der Waals surface area contributed by atoms with Gasteiger partial charge in [0.05, 0.1) is 23.3 Å². The molecule has 0 aliphatic carbocycles. The number of aryl methyl sites for hydroxylation is 1. The van der Waals surface area contributed by atoms with Crippen molar-refractivity contribution >= 4 is 16.9 Å². The fourth-order valence-corrected chi connectivity index (χ4v) is 2.67. The number of aliphatic hydroxyl groups excluding tert-OH is 1. The molecule has 1 unspecified atom stereocenters. The zero-order chi connectivity index (χ0) is 17.3. The first kappa shape index (κ1) is 17.4. The molecule has 1 atom stereocenters. The predicted molar refractivity (Wildman–Crippen MR) is 90.5 cm³/mol. The molecule has 0 bridgehead atoms. The van der Waals surface area contributed by atoms with Gasteiger partial charge in [-0.3, -0.25) is 4.79 Å². The predicted octanol–water partition coefficient (Wildman–Crippen LogP) is 2.55. The fourth-order valence-electron chi connectivity index (χ4n) is 2.67. The molecule has 2 heterocycles. The Hall–Kier alpha value is -1.95. The lowest BCUT2D eigenvalue weighted by atomic mass is 10.1. The Morgan fingerprint density at radius 3 is 2.48 bits per heavy atom. The molecule has 2 aromatic heterocycles. The Balaban J connectivity index is 2.55. The summed E-state index contributed by atoms with van der Waals surface area (Å²) in [4.78, 5) is 19.2. The molecular formula is C17H26N4O2. The molecule has 126 valence electrons. The van der Waals surface area contributed by atoms with Crippen molar-refractivity contribution in [3.8, 4) is 0 Å². The topological polar surface area (TPSA) is 71.2 Å². The van der Waals surface area contributed by atoms with Crippen LogP contribution in [0.5, 0.6) is 0 Å². The summed E-state index contributed by atoms with van der Waals surface area (Å²) in [6.07, 6.45) is 1.13. The van der Waals surface area contributed by atoms with Gasteiger partial charge < -0.3 is 10.0 Å². The van der Waals surface area contributed by atoms with E-state index in [-0.39, 0.29) is 18.0 Å². The Morgan fingerprint density at radius 2 is 1.96 bits per heavy atom. The van der Waals surface area contributed by atoms with Crippen LogP contribution in [0.25, 0.3) is 11.0 Å². The van der Waals surface area contributed by atoms with Gasteiger partial charge in [0.2, 0.25) is 0 Å². The molecule has 6 heteroatoms. The zero-order valence-electron chi connectivity index (χ0n) is 14.7. The standard InChI is InChI=1S/C17H26N4O2/c1-10(2)20(9-13(6)22)17(23)14-7-12(5)19-16-15(14)8-18-21(16)11(3)4/h7-8,10-11,13,22H,9H2,1-6H3. The molecule has 6 nitrogen and oxygen atoms in total. The van der Waals surface area contributed by atoms with Gasteiger partial charge in [-0.2, -0.15) is 5.10 Å². The highest BCUT2D eigenvalue weighted by atomic mass is 16.3. The first-order valence-electron chi connectivity index (χ1n) is 8.06. The van der Waals surface area contributed by atoms with E-state index in [2.05, 4.69) is 10.1 Å². The quantitative estimate of drug-likeness (QED) is 0.919. The summed E-state index contributed by atoms with van der Waals surface area (Å²) in [5.74, 6) is -0.0975. The summed E-state index contributed by atoms with van der Waals surface area (Å²) in [6.45, 7) is 11.8. The molecule has 0 aliphatic rings. The first-order valence-corrected chi connectivity index (χ1v) is 8.06. The van der Waals surface area contributed by atoms with Gasteiger partial charge in [0.25, 0.3) is 5.91 Å². The van der Waals surface area contributed by atoms with E-state index < -0.39 is 6.10 Å². The van der Waals surface area contributed by atoms with E-state index in [0.717, 1.165) is 16.7 Å². The molecule has 1 N–H and O–H groups in total. The van der Waals surface area contributed by atoms with Crippen LogP contribution in [0.4, 0.5) is 0 Å². The number of rotatable bonds is 5. The van der Waals surface area contributed by atoms with Gasteiger partial charge in [0.15, 0.2) is 5.65 Å². The summed E-state index contributed by atoms with van der Waals surface area (Å²) in [6, 6.07) is 1.97. The maximum Gasteiger partial charge on any atom is 0.255 e. The highest BCUT2D eigenvalue weighted by molar-refractivity contribution is 6.05. The summed E-state index contributed by atoms with van der Waals surface area (Å²) in [7, 11) is 0. The number of carbonyl (C=O) groups excluding carboxylic acids is 1. The third-order valence-electron chi connectivity index (χ3n) is 3.76. The number of carbonyl (C=O) groups is 1. The van der Waals surface area contributed by atoms with Crippen molar-refractivity contribution in [3.05, 3.63) is 23.5 Å². The van der Waals surface area contributed by atoms with Crippen molar-refractivity contribution in [2.75, 3.05) is 6.54 Å². The maximum absolute atomic E-state index is 13.0. The minimum atomic E-state index is -0.571. The van der Waals surface area contributed by atoms with E-state index in [1.54, 1.807) is 24.1 Å². The normalized spacial score (nSPS) is 13.1. The van der Waals surface area contributed by atoms with Gasteiger partial charge in [-0.15, -0.1) is 0 Å². The Kier molecular flexibility index (Phi) is 5.04. The molecule has 0 saturated carbocycles. The second-order valence-corrected chi connectivity index (χ2v) is 6.63. The van der Waals surface area contributed by atoms with Gasteiger partial charge in [-0.1, -0.05) is 0 Å². The van der Waals surface area contributed by atoms with Crippen LogP contribution in [0.3, 0.4) is 0 Å². The van der Waals surface area contributed by atoms with Crippen molar-refractivity contribution in [1.29, 1.82) is 0 Å². The van der Waals surface area contributed by atoms with Gasteiger partial charge in [-0.05, 0) is 47.6 Å². The average Bonchev–Trinajstić information content (AvgIpc) is 2.86. The van der Waals surface area contributed by atoms with Crippen LogP contribution in [-0.4, -0.2) is 49.4 Å². The minimum absolute atomic E-state index is 0.000708. The minimum Gasteiger partial charge on any atom is -0.392 e. The third-order valence-corrected chi connectivity index (χ3v) is 3.76. The summed E-state index contributed by atoms with van der Waals surface area (Å²) >= 11 is 0. The van der Waals surface area contributed by atoms with Crippen molar-refractivity contribution in [1.82, 2.24) is 19.7 Å². The largest absolute Gasteiger partial charge is 0.392 e. The van der Waals surface area contributed by atoms with Crippen LogP contribution >= 0.6 is 0 Å². The van der Waals surface area contributed by atoms with Gasteiger partial charge in [-0.25, -0.2) is 9.67 Å². The van der Waals surface area contributed by atoms with E-state index >= 15 is 0 Å². The average molecular weight is 318 g/mol. The zero-order valence-corrected chi connectivity index (χ0v) is 14.7. The molecule has 0 aliphatic heterocycles. The van der Waals surface area contributed by atoms with Crippen LogP contribution in [0.2, 0.25) is 0 Å². The number of hydrogen-bond acceptors (Lipinski definition) is 4. The molecule has 2 rings (SSSR count). The number of nitrogens with zero attached hydrogens (tertiary/aromatic N) is 4.